The Morgan fingerprint density at radius 3 is 2.93 bits per heavy atom. The maximum Gasteiger partial charge on any atom is 0.141 e. The first-order valence-corrected chi connectivity index (χ1v) is 5.35. The first-order valence-electron chi connectivity index (χ1n) is 5.35. The maximum atomic E-state index is 12.6. The standard InChI is InChI=1S/C11H16FN3/c12-9-2-4-11(15-7-9)14-6-8-1-3-10(13)5-8/h2,4,7-8,10H,1,3,5-6,13H2,(H,14,15). The maximum absolute atomic E-state index is 12.6. The average Bonchev–Trinajstić information content (AvgIpc) is 2.64. The Balaban J connectivity index is 1.80. The fourth-order valence-electron chi connectivity index (χ4n) is 2.03. The zero-order valence-electron chi connectivity index (χ0n) is 8.62. The van der Waals surface area contributed by atoms with Crippen LogP contribution in [0.1, 0.15) is 19.3 Å². The number of hydrogen-bond acceptors (Lipinski definition) is 3. The summed E-state index contributed by atoms with van der Waals surface area (Å²) >= 11 is 0. The van der Waals surface area contributed by atoms with Crippen molar-refractivity contribution in [2.75, 3.05) is 11.9 Å². The molecule has 0 amide bonds. The van der Waals surface area contributed by atoms with E-state index in [9.17, 15) is 4.39 Å². The lowest BCUT2D eigenvalue weighted by Crippen LogP contribution is -2.17. The van der Waals surface area contributed by atoms with E-state index in [1.807, 2.05) is 0 Å². The molecule has 3 nitrogen and oxygen atoms in total. The van der Waals surface area contributed by atoms with E-state index in [1.165, 1.54) is 18.7 Å². The van der Waals surface area contributed by atoms with Gasteiger partial charge in [-0.05, 0) is 37.3 Å². The van der Waals surface area contributed by atoms with Crippen LogP contribution < -0.4 is 11.1 Å². The summed E-state index contributed by atoms with van der Waals surface area (Å²) in [5, 5.41) is 3.20. The van der Waals surface area contributed by atoms with Crippen LogP contribution in [0.25, 0.3) is 0 Å². The Labute approximate surface area is 88.9 Å². The van der Waals surface area contributed by atoms with Crippen LogP contribution in [0.5, 0.6) is 0 Å². The van der Waals surface area contributed by atoms with E-state index in [1.54, 1.807) is 6.07 Å². The van der Waals surface area contributed by atoms with Crippen molar-refractivity contribution >= 4 is 5.82 Å². The molecule has 82 valence electrons. The molecule has 0 aliphatic heterocycles. The summed E-state index contributed by atoms with van der Waals surface area (Å²) in [6.45, 7) is 0.881. The topological polar surface area (TPSA) is 50.9 Å². The average molecular weight is 209 g/mol. The van der Waals surface area contributed by atoms with Gasteiger partial charge in [-0.3, -0.25) is 0 Å². The van der Waals surface area contributed by atoms with Gasteiger partial charge in [0.2, 0.25) is 0 Å². The van der Waals surface area contributed by atoms with Gasteiger partial charge in [0.25, 0.3) is 0 Å². The van der Waals surface area contributed by atoms with Crippen LogP contribution in [-0.2, 0) is 0 Å². The van der Waals surface area contributed by atoms with Gasteiger partial charge >= 0.3 is 0 Å². The Morgan fingerprint density at radius 2 is 2.33 bits per heavy atom. The molecule has 2 rings (SSSR count). The molecule has 0 bridgehead atoms. The predicted molar refractivity (Wildman–Crippen MR) is 58.0 cm³/mol. The highest BCUT2D eigenvalue weighted by molar-refractivity contribution is 5.33. The van der Waals surface area contributed by atoms with Crippen LogP contribution >= 0.6 is 0 Å². The molecule has 1 saturated carbocycles. The molecular formula is C11H16FN3. The number of aromatic nitrogens is 1. The smallest absolute Gasteiger partial charge is 0.141 e. The third-order valence-electron chi connectivity index (χ3n) is 2.88. The van der Waals surface area contributed by atoms with Gasteiger partial charge in [-0.25, -0.2) is 9.37 Å². The zero-order valence-corrected chi connectivity index (χ0v) is 8.62. The number of pyridine rings is 1. The Morgan fingerprint density at radius 1 is 1.47 bits per heavy atom. The van der Waals surface area contributed by atoms with Crippen LogP contribution in [0.2, 0.25) is 0 Å². The van der Waals surface area contributed by atoms with Gasteiger partial charge in [0.15, 0.2) is 0 Å². The lowest BCUT2D eigenvalue weighted by atomic mass is 10.1. The summed E-state index contributed by atoms with van der Waals surface area (Å²) in [4.78, 5) is 3.94. The van der Waals surface area contributed by atoms with Crippen molar-refractivity contribution in [2.45, 2.75) is 25.3 Å². The van der Waals surface area contributed by atoms with Crippen LogP contribution in [0.15, 0.2) is 18.3 Å². The number of anilines is 1. The third kappa shape index (κ3) is 2.89. The minimum atomic E-state index is -0.302. The molecule has 3 N–H and O–H groups in total. The fraction of sp³-hybridized carbons (Fsp3) is 0.545. The lowest BCUT2D eigenvalue weighted by Gasteiger charge is -2.11. The second-order valence-corrected chi connectivity index (χ2v) is 4.18. The summed E-state index contributed by atoms with van der Waals surface area (Å²) < 4.78 is 12.6. The summed E-state index contributed by atoms with van der Waals surface area (Å²) in [5.74, 6) is 1.06. The van der Waals surface area contributed by atoms with Crippen molar-refractivity contribution in [3.63, 3.8) is 0 Å². The molecule has 1 aliphatic rings. The largest absolute Gasteiger partial charge is 0.370 e. The van der Waals surface area contributed by atoms with E-state index in [4.69, 9.17) is 5.73 Å². The fourth-order valence-corrected chi connectivity index (χ4v) is 2.03. The molecule has 0 saturated heterocycles. The molecule has 1 aromatic heterocycles. The Bertz CT molecular complexity index is 312. The number of halogens is 1. The van der Waals surface area contributed by atoms with Gasteiger partial charge in [0, 0.05) is 12.6 Å². The minimum absolute atomic E-state index is 0.302. The van der Waals surface area contributed by atoms with Gasteiger partial charge in [0.05, 0.1) is 6.20 Å². The minimum Gasteiger partial charge on any atom is -0.370 e. The zero-order chi connectivity index (χ0) is 10.7. The van der Waals surface area contributed by atoms with E-state index >= 15 is 0 Å². The molecule has 15 heavy (non-hydrogen) atoms. The number of rotatable bonds is 3. The van der Waals surface area contributed by atoms with Crippen molar-refractivity contribution in [3.8, 4) is 0 Å². The summed E-state index contributed by atoms with van der Waals surface area (Å²) in [5.41, 5.74) is 5.82. The molecule has 2 atom stereocenters. The van der Waals surface area contributed by atoms with Crippen LogP contribution in [0, 0.1) is 11.7 Å². The molecule has 0 spiro atoms. The number of nitrogens with two attached hydrogens (primary N) is 1. The highest BCUT2D eigenvalue weighted by atomic mass is 19.1. The quantitative estimate of drug-likeness (QED) is 0.797. The van der Waals surface area contributed by atoms with Crippen molar-refractivity contribution in [1.82, 2.24) is 4.98 Å². The van der Waals surface area contributed by atoms with E-state index < -0.39 is 0 Å². The van der Waals surface area contributed by atoms with Crippen LogP contribution in [-0.4, -0.2) is 17.6 Å². The number of nitrogens with zero attached hydrogens (tertiary/aromatic N) is 1. The molecule has 0 aromatic carbocycles. The van der Waals surface area contributed by atoms with Gasteiger partial charge in [-0.2, -0.15) is 0 Å². The van der Waals surface area contributed by atoms with Crippen molar-refractivity contribution in [2.24, 2.45) is 11.7 Å². The second-order valence-electron chi connectivity index (χ2n) is 4.18. The molecule has 0 radical (unpaired) electrons. The second kappa shape index (κ2) is 4.57. The monoisotopic (exact) mass is 209 g/mol. The summed E-state index contributed by atoms with van der Waals surface area (Å²) in [7, 11) is 0. The lowest BCUT2D eigenvalue weighted by molar-refractivity contribution is 0.564. The van der Waals surface area contributed by atoms with E-state index in [0.717, 1.165) is 25.2 Å². The predicted octanol–water partition coefficient (Wildman–Crippen LogP) is 1.76. The van der Waals surface area contributed by atoms with E-state index in [2.05, 4.69) is 10.3 Å². The van der Waals surface area contributed by atoms with Gasteiger partial charge in [-0.15, -0.1) is 0 Å². The molecule has 1 aliphatic carbocycles. The molecule has 2 unspecified atom stereocenters. The Hall–Kier alpha value is -1.16. The molecular weight excluding hydrogens is 193 g/mol. The Kier molecular flexibility index (Phi) is 3.16. The highest BCUT2D eigenvalue weighted by Gasteiger charge is 2.21. The van der Waals surface area contributed by atoms with Crippen molar-refractivity contribution in [3.05, 3.63) is 24.1 Å². The van der Waals surface area contributed by atoms with Crippen molar-refractivity contribution in [1.29, 1.82) is 0 Å². The number of hydrogen-bond donors (Lipinski definition) is 2. The molecule has 1 aromatic rings. The van der Waals surface area contributed by atoms with E-state index in [0.29, 0.717) is 12.0 Å². The van der Waals surface area contributed by atoms with E-state index in [-0.39, 0.29) is 5.82 Å². The van der Waals surface area contributed by atoms with Gasteiger partial charge < -0.3 is 11.1 Å². The normalized spacial score (nSPS) is 25.5. The van der Waals surface area contributed by atoms with Crippen molar-refractivity contribution < 1.29 is 4.39 Å². The summed E-state index contributed by atoms with van der Waals surface area (Å²) in [6.07, 6.45) is 4.59. The molecule has 1 heterocycles. The summed E-state index contributed by atoms with van der Waals surface area (Å²) in [6, 6.07) is 3.43. The number of nitrogens with one attached hydrogen (secondary N) is 1. The first-order chi connectivity index (χ1) is 7.24. The molecule has 1 fully saturated rings. The highest BCUT2D eigenvalue weighted by Crippen LogP contribution is 2.24. The first kappa shape index (κ1) is 10.4. The van der Waals surface area contributed by atoms with Crippen LogP contribution in [0.4, 0.5) is 10.2 Å². The van der Waals surface area contributed by atoms with Gasteiger partial charge in [-0.1, -0.05) is 0 Å². The molecule has 4 heteroatoms. The van der Waals surface area contributed by atoms with Gasteiger partial charge in [0.1, 0.15) is 11.6 Å². The SMILES string of the molecule is NC1CCC(CNc2ccc(F)cn2)C1. The van der Waals surface area contributed by atoms with Crippen LogP contribution in [0.3, 0.4) is 0 Å². The third-order valence-corrected chi connectivity index (χ3v) is 2.88.